The Hall–Kier alpha value is -3.68. The van der Waals surface area contributed by atoms with Crippen LogP contribution in [0.25, 0.3) is 22.7 Å². The van der Waals surface area contributed by atoms with Gasteiger partial charge in [0.15, 0.2) is 11.6 Å². The highest BCUT2D eigenvalue weighted by molar-refractivity contribution is 5.59. The van der Waals surface area contributed by atoms with Crippen LogP contribution in [0, 0.1) is 6.92 Å². The molecule has 5 rings (SSSR count). The maximum absolute atomic E-state index is 11.7. The molecule has 1 aliphatic heterocycles. The van der Waals surface area contributed by atoms with Gasteiger partial charge in [-0.15, -0.1) is 10.2 Å². The highest BCUT2D eigenvalue weighted by atomic mass is 16.5. The number of anilines is 1. The third kappa shape index (κ3) is 3.20. The molecule has 1 atom stereocenters. The molecule has 8 heteroatoms. The second-order valence-corrected chi connectivity index (χ2v) is 7.66. The fraction of sp³-hybridized carbons (Fsp3) is 0.273. The summed E-state index contributed by atoms with van der Waals surface area (Å²) in [6, 6.07) is 13.6. The van der Waals surface area contributed by atoms with Crippen LogP contribution < -0.4 is 10.5 Å². The summed E-state index contributed by atoms with van der Waals surface area (Å²) in [4.78, 5) is 16.5. The fourth-order valence-corrected chi connectivity index (χ4v) is 4.10. The number of hydrogen-bond donors (Lipinski definition) is 1. The van der Waals surface area contributed by atoms with E-state index in [0.717, 1.165) is 47.9 Å². The first-order chi connectivity index (χ1) is 14.6. The molecular formula is C22H22N6O2. The van der Waals surface area contributed by atoms with Crippen molar-refractivity contribution in [3.05, 3.63) is 70.3 Å². The van der Waals surface area contributed by atoms with Crippen LogP contribution in [0.1, 0.15) is 30.1 Å². The Morgan fingerprint density at radius 2 is 2.03 bits per heavy atom. The van der Waals surface area contributed by atoms with Gasteiger partial charge in [-0.1, -0.05) is 28.9 Å². The van der Waals surface area contributed by atoms with Crippen molar-refractivity contribution in [3.63, 3.8) is 0 Å². The first kappa shape index (κ1) is 18.4. The first-order valence-electron chi connectivity index (χ1n) is 9.99. The zero-order valence-electron chi connectivity index (χ0n) is 16.9. The van der Waals surface area contributed by atoms with Crippen LogP contribution in [0.15, 0.2) is 58.0 Å². The Morgan fingerprint density at radius 3 is 2.87 bits per heavy atom. The van der Waals surface area contributed by atoms with Gasteiger partial charge < -0.3 is 14.4 Å². The molecule has 1 aliphatic rings. The van der Waals surface area contributed by atoms with Crippen molar-refractivity contribution >= 4 is 5.95 Å². The number of aromatic amines is 1. The molecule has 1 aromatic carbocycles. The van der Waals surface area contributed by atoms with Crippen LogP contribution in [0.5, 0.6) is 0 Å². The number of H-pyrrole nitrogens is 1. The second-order valence-electron chi connectivity index (χ2n) is 7.66. The third-order valence-electron chi connectivity index (χ3n) is 5.57. The van der Waals surface area contributed by atoms with Crippen LogP contribution in [0.3, 0.4) is 0 Å². The van der Waals surface area contributed by atoms with E-state index in [2.05, 4.69) is 44.3 Å². The molecule has 0 spiro atoms. The quantitative estimate of drug-likeness (QED) is 0.562. The van der Waals surface area contributed by atoms with Crippen LogP contribution >= 0.6 is 0 Å². The van der Waals surface area contributed by atoms with Crippen molar-refractivity contribution in [2.45, 2.75) is 25.8 Å². The maximum Gasteiger partial charge on any atom is 0.248 e. The standard InChI is InChI=1S/C22H22N6O2/c1-14-5-3-6-15(11-14)19-13-17(26-30-19)18-7-4-10-28(18)22-25-24-21(27(22)2)16-8-9-23-20(29)12-16/h3,5-6,8-9,11-13,18H,4,7,10H2,1-2H3,(H,23,29). The average molecular weight is 402 g/mol. The minimum atomic E-state index is -0.164. The lowest BCUT2D eigenvalue weighted by atomic mass is 10.1. The number of benzene rings is 1. The summed E-state index contributed by atoms with van der Waals surface area (Å²) in [5.74, 6) is 2.18. The van der Waals surface area contributed by atoms with Crippen LogP contribution in [0.4, 0.5) is 5.95 Å². The number of pyridine rings is 1. The number of nitrogens with zero attached hydrogens (tertiary/aromatic N) is 5. The van der Waals surface area contributed by atoms with Crippen molar-refractivity contribution in [2.24, 2.45) is 7.05 Å². The van der Waals surface area contributed by atoms with Crippen LogP contribution in [-0.4, -0.2) is 31.4 Å². The lowest BCUT2D eigenvalue weighted by Crippen LogP contribution is -2.25. The maximum atomic E-state index is 11.7. The van der Waals surface area contributed by atoms with Crippen molar-refractivity contribution in [3.8, 4) is 22.7 Å². The van der Waals surface area contributed by atoms with Crippen LogP contribution in [0.2, 0.25) is 0 Å². The van der Waals surface area contributed by atoms with Crippen molar-refractivity contribution in [1.82, 2.24) is 24.9 Å². The zero-order chi connectivity index (χ0) is 20.7. The topological polar surface area (TPSA) is 92.8 Å². The number of hydrogen-bond acceptors (Lipinski definition) is 6. The summed E-state index contributed by atoms with van der Waals surface area (Å²) in [5.41, 5.74) is 3.67. The van der Waals surface area contributed by atoms with Gasteiger partial charge in [0.2, 0.25) is 11.5 Å². The second kappa shape index (κ2) is 7.29. The van der Waals surface area contributed by atoms with E-state index in [0.29, 0.717) is 5.82 Å². The largest absolute Gasteiger partial charge is 0.356 e. The Morgan fingerprint density at radius 1 is 1.13 bits per heavy atom. The third-order valence-corrected chi connectivity index (χ3v) is 5.57. The van der Waals surface area contributed by atoms with E-state index in [9.17, 15) is 4.79 Å². The lowest BCUT2D eigenvalue weighted by Gasteiger charge is -2.23. The fourth-order valence-electron chi connectivity index (χ4n) is 4.10. The molecule has 0 amide bonds. The highest BCUT2D eigenvalue weighted by Crippen LogP contribution is 2.37. The van der Waals surface area contributed by atoms with Crippen molar-refractivity contribution in [2.75, 3.05) is 11.4 Å². The van der Waals surface area contributed by atoms with E-state index in [1.807, 2.05) is 35.9 Å². The molecule has 0 bridgehead atoms. The molecule has 0 saturated carbocycles. The molecule has 0 radical (unpaired) electrons. The molecule has 1 fully saturated rings. The SMILES string of the molecule is Cc1cccc(-c2cc(C3CCCN3c3nnc(-c4cc[nH]c(=O)c4)n3C)no2)c1. The van der Waals surface area contributed by atoms with E-state index in [-0.39, 0.29) is 11.6 Å². The summed E-state index contributed by atoms with van der Waals surface area (Å²) in [7, 11) is 1.92. The van der Waals surface area contributed by atoms with E-state index in [1.165, 1.54) is 11.6 Å². The van der Waals surface area contributed by atoms with Crippen molar-refractivity contribution < 1.29 is 4.52 Å². The Balaban J connectivity index is 1.46. The van der Waals surface area contributed by atoms with Gasteiger partial charge in [-0.05, 0) is 31.9 Å². The highest BCUT2D eigenvalue weighted by Gasteiger charge is 2.32. The Labute approximate surface area is 173 Å². The molecule has 4 aromatic rings. The molecule has 1 N–H and O–H groups in total. The van der Waals surface area contributed by atoms with Gasteiger partial charge in [0.1, 0.15) is 5.69 Å². The zero-order valence-corrected chi connectivity index (χ0v) is 16.9. The predicted molar refractivity (Wildman–Crippen MR) is 113 cm³/mol. The van der Waals surface area contributed by atoms with E-state index >= 15 is 0 Å². The predicted octanol–water partition coefficient (Wildman–Crippen LogP) is 3.48. The number of aromatic nitrogens is 5. The Kier molecular flexibility index (Phi) is 4.46. The normalized spacial score (nSPS) is 16.3. The molecule has 30 heavy (non-hydrogen) atoms. The van der Waals surface area contributed by atoms with E-state index < -0.39 is 0 Å². The molecule has 1 unspecified atom stereocenters. The molecule has 4 heterocycles. The molecule has 3 aromatic heterocycles. The molecule has 152 valence electrons. The summed E-state index contributed by atoms with van der Waals surface area (Å²) in [5, 5.41) is 13.1. The van der Waals surface area contributed by atoms with E-state index in [1.54, 1.807) is 6.20 Å². The summed E-state index contributed by atoms with van der Waals surface area (Å²) in [6.45, 7) is 2.92. The summed E-state index contributed by atoms with van der Waals surface area (Å²) in [6.07, 6.45) is 3.62. The van der Waals surface area contributed by atoms with Crippen LogP contribution in [-0.2, 0) is 7.05 Å². The number of rotatable bonds is 4. The smallest absolute Gasteiger partial charge is 0.248 e. The van der Waals surface area contributed by atoms with Gasteiger partial charge in [0.05, 0.1) is 6.04 Å². The van der Waals surface area contributed by atoms with Gasteiger partial charge in [-0.25, -0.2) is 0 Å². The molecule has 1 saturated heterocycles. The summed E-state index contributed by atoms with van der Waals surface area (Å²) >= 11 is 0. The molecular weight excluding hydrogens is 380 g/mol. The van der Waals surface area contributed by atoms with Crippen molar-refractivity contribution in [1.29, 1.82) is 0 Å². The summed E-state index contributed by atoms with van der Waals surface area (Å²) < 4.78 is 7.59. The number of aryl methyl sites for hydroxylation is 1. The van der Waals surface area contributed by atoms with Gasteiger partial charge in [-0.2, -0.15) is 0 Å². The van der Waals surface area contributed by atoms with Gasteiger partial charge in [0, 0.05) is 43.0 Å². The minimum absolute atomic E-state index is 0.0715. The van der Waals surface area contributed by atoms with Gasteiger partial charge in [0.25, 0.3) is 0 Å². The minimum Gasteiger partial charge on any atom is -0.356 e. The average Bonchev–Trinajstić information content (AvgIpc) is 3.47. The van der Waals surface area contributed by atoms with Gasteiger partial charge >= 0.3 is 0 Å². The number of nitrogens with one attached hydrogen (secondary N) is 1. The molecule has 0 aliphatic carbocycles. The first-order valence-corrected chi connectivity index (χ1v) is 9.99. The van der Waals surface area contributed by atoms with Gasteiger partial charge in [-0.3, -0.25) is 9.36 Å². The lowest BCUT2D eigenvalue weighted by molar-refractivity contribution is 0.416. The monoisotopic (exact) mass is 402 g/mol. The Bertz CT molecular complexity index is 1250. The molecule has 8 nitrogen and oxygen atoms in total. The van der Waals surface area contributed by atoms with E-state index in [4.69, 9.17) is 4.52 Å².